The number of nitrogens with one attached hydrogen (secondary N) is 2. The summed E-state index contributed by atoms with van der Waals surface area (Å²) in [5, 5.41) is 3.43. The summed E-state index contributed by atoms with van der Waals surface area (Å²) in [6.07, 6.45) is 8.84. The first kappa shape index (κ1) is 10.3. The third-order valence-corrected chi connectivity index (χ3v) is 3.96. The average Bonchev–Trinajstić information content (AvgIpc) is 2.95. The van der Waals surface area contributed by atoms with Crippen molar-refractivity contribution < 1.29 is 0 Å². The van der Waals surface area contributed by atoms with Crippen molar-refractivity contribution in [1.82, 2.24) is 15.3 Å². The molecule has 0 radical (unpaired) electrons. The van der Waals surface area contributed by atoms with E-state index in [-0.39, 0.29) is 0 Å². The Morgan fingerprint density at radius 3 is 3.00 bits per heavy atom. The third-order valence-electron chi connectivity index (χ3n) is 3.96. The first-order valence-corrected chi connectivity index (χ1v) is 6.69. The summed E-state index contributed by atoms with van der Waals surface area (Å²) in [7, 11) is 0. The summed E-state index contributed by atoms with van der Waals surface area (Å²) in [6, 6.07) is 0. The van der Waals surface area contributed by atoms with E-state index in [9.17, 15) is 0 Å². The standard InChI is InChI=1S/C13H21N3/c1-2-4-12-11(3-1)15-13(16-12)6-5-10-7-8-14-9-10/h10,14H,1-9H2,(H,15,16). The van der Waals surface area contributed by atoms with Crippen molar-refractivity contribution >= 4 is 0 Å². The average molecular weight is 219 g/mol. The third kappa shape index (κ3) is 2.14. The van der Waals surface area contributed by atoms with Crippen LogP contribution < -0.4 is 5.32 Å². The van der Waals surface area contributed by atoms with E-state index in [1.54, 1.807) is 0 Å². The lowest BCUT2D eigenvalue weighted by Crippen LogP contribution is -2.09. The number of rotatable bonds is 3. The monoisotopic (exact) mass is 219 g/mol. The summed E-state index contributed by atoms with van der Waals surface area (Å²) in [5.41, 5.74) is 2.77. The second kappa shape index (κ2) is 4.58. The van der Waals surface area contributed by atoms with Crippen molar-refractivity contribution in [3.63, 3.8) is 0 Å². The Labute approximate surface area is 97.0 Å². The largest absolute Gasteiger partial charge is 0.346 e. The number of fused-ring (bicyclic) bond motifs is 1. The van der Waals surface area contributed by atoms with Crippen molar-refractivity contribution in [2.75, 3.05) is 13.1 Å². The van der Waals surface area contributed by atoms with Crippen molar-refractivity contribution in [3.8, 4) is 0 Å². The van der Waals surface area contributed by atoms with Crippen LogP contribution in [0, 0.1) is 5.92 Å². The molecule has 16 heavy (non-hydrogen) atoms. The molecule has 0 aromatic carbocycles. The Morgan fingerprint density at radius 2 is 2.19 bits per heavy atom. The zero-order valence-electron chi connectivity index (χ0n) is 9.89. The highest BCUT2D eigenvalue weighted by molar-refractivity contribution is 5.17. The molecular formula is C13H21N3. The first-order valence-electron chi connectivity index (χ1n) is 6.69. The molecule has 0 amide bonds. The Bertz CT molecular complexity index is 327. The molecule has 3 heteroatoms. The van der Waals surface area contributed by atoms with Crippen LogP contribution in [-0.4, -0.2) is 23.1 Å². The van der Waals surface area contributed by atoms with Gasteiger partial charge in [0.05, 0.1) is 5.69 Å². The summed E-state index contributed by atoms with van der Waals surface area (Å²) in [5.74, 6) is 2.11. The van der Waals surface area contributed by atoms with Crippen molar-refractivity contribution in [2.45, 2.75) is 44.9 Å². The fraction of sp³-hybridized carbons (Fsp3) is 0.769. The molecule has 1 saturated heterocycles. The number of hydrogen-bond acceptors (Lipinski definition) is 2. The van der Waals surface area contributed by atoms with Gasteiger partial charge in [0.1, 0.15) is 5.82 Å². The topological polar surface area (TPSA) is 40.7 Å². The Hall–Kier alpha value is -0.830. The van der Waals surface area contributed by atoms with Gasteiger partial charge in [-0.15, -0.1) is 0 Å². The van der Waals surface area contributed by atoms with E-state index >= 15 is 0 Å². The first-order chi connectivity index (χ1) is 7.92. The molecule has 3 rings (SSSR count). The number of nitrogens with zero attached hydrogens (tertiary/aromatic N) is 1. The second-order valence-corrected chi connectivity index (χ2v) is 5.21. The highest BCUT2D eigenvalue weighted by Crippen LogP contribution is 2.20. The molecule has 88 valence electrons. The maximum Gasteiger partial charge on any atom is 0.106 e. The highest BCUT2D eigenvalue weighted by atomic mass is 14.9. The molecular weight excluding hydrogens is 198 g/mol. The van der Waals surface area contributed by atoms with E-state index in [1.165, 1.54) is 68.8 Å². The molecule has 1 atom stereocenters. The predicted molar refractivity (Wildman–Crippen MR) is 64.5 cm³/mol. The molecule has 1 aromatic rings. The van der Waals surface area contributed by atoms with Crippen LogP contribution in [0.1, 0.15) is 42.9 Å². The number of hydrogen-bond donors (Lipinski definition) is 2. The van der Waals surface area contributed by atoms with Gasteiger partial charge in [-0.3, -0.25) is 0 Å². The van der Waals surface area contributed by atoms with Crippen LogP contribution in [0.25, 0.3) is 0 Å². The quantitative estimate of drug-likeness (QED) is 0.814. The maximum atomic E-state index is 4.74. The fourth-order valence-corrected chi connectivity index (χ4v) is 2.93. The van der Waals surface area contributed by atoms with Gasteiger partial charge in [0.25, 0.3) is 0 Å². The fourth-order valence-electron chi connectivity index (χ4n) is 2.93. The Kier molecular flexibility index (Phi) is 2.96. The van der Waals surface area contributed by atoms with Gasteiger partial charge in [-0.1, -0.05) is 0 Å². The zero-order chi connectivity index (χ0) is 10.8. The number of imidazole rings is 1. The van der Waals surface area contributed by atoms with Crippen LogP contribution in [0.5, 0.6) is 0 Å². The summed E-state index contributed by atoms with van der Waals surface area (Å²) < 4.78 is 0. The molecule has 2 heterocycles. The number of aromatic nitrogens is 2. The molecule has 2 aliphatic rings. The molecule has 1 aliphatic carbocycles. The van der Waals surface area contributed by atoms with E-state index in [1.807, 2.05) is 0 Å². The van der Waals surface area contributed by atoms with E-state index < -0.39 is 0 Å². The molecule has 0 saturated carbocycles. The van der Waals surface area contributed by atoms with E-state index in [0.717, 1.165) is 12.3 Å². The lowest BCUT2D eigenvalue weighted by Gasteiger charge is -2.07. The predicted octanol–water partition coefficient (Wildman–Crippen LogP) is 1.83. The smallest absolute Gasteiger partial charge is 0.106 e. The lowest BCUT2D eigenvalue weighted by molar-refractivity contribution is 0.526. The Morgan fingerprint density at radius 1 is 1.25 bits per heavy atom. The van der Waals surface area contributed by atoms with Gasteiger partial charge in [0.15, 0.2) is 0 Å². The molecule has 2 N–H and O–H groups in total. The number of H-pyrrole nitrogens is 1. The number of aromatic amines is 1. The lowest BCUT2D eigenvalue weighted by atomic mass is 10.0. The van der Waals surface area contributed by atoms with Gasteiger partial charge in [0, 0.05) is 12.1 Å². The highest BCUT2D eigenvalue weighted by Gasteiger charge is 2.17. The SMILES string of the molecule is C1CCc2[nH]c(CCC3CCNC3)nc2C1. The molecule has 0 bridgehead atoms. The normalized spacial score (nSPS) is 24.6. The van der Waals surface area contributed by atoms with Gasteiger partial charge < -0.3 is 10.3 Å². The van der Waals surface area contributed by atoms with E-state index in [4.69, 9.17) is 4.98 Å². The van der Waals surface area contributed by atoms with Gasteiger partial charge in [-0.25, -0.2) is 4.98 Å². The van der Waals surface area contributed by atoms with E-state index in [2.05, 4.69) is 10.3 Å². The van der Waals surface area contributed by atoms with Gasteiger partial charge >= 0.3 is 0 Å². The summed E-state index contributed by atoms with van der Waals surface area (Å²) in [6.45, 7) is 2.42. The zero-order valence-corrected chi connectivity index (χ0v) is 9.89. The van der Waals surface area contributed by atoms with Crippen LogP contribution in [0.4, 0.5) is 0 Å². The van der Waals surface area contributed by atoms with Crippen molar-refractivity contribution in [3.05, 3.63) is 17.2 Å². The van der Waals surface area contributed by atoms with Crippen molar-refractivity contribution in [2.24, 2.45) is 5.92 Å². The van der Waals surface area contributed by atoms with Crippen LogP contribution in [0.15, 0.2) is 0 Å². The maximum absolute atomic E-state index is 4.74. The molecule has 0 spiro atoms. The minimum absolute atomic E-state index is 0.877. The van der Waals surface area contributed by atoms with Crippen LogP contribution in [0.3, 0.4) is 0 Å². The molecule has 1 aromatic heterocycles. The van der Waals surface area contributed by atoms with Gasteiger partial charge in [0.2, 0.25) is 0 Å². The van der Waals surface area contributed by atoms with Gasteiger partial charge in [-0.05, 0) is 57.5 Å². The number of aryl methyl sites for hydroxylation is 3. The van der Waals surface area contributed by atoms with E-state index in [0.29, 0.717) is 0 Å². The summed E-state index contributed by atoms with van der Waals surface area (Å²) >= 11 is 0. The molecule has 3 nitrogen and oxygen atoms in total. The van der Waals surface area contributed by atoms with Crippen molar-refractivity contribution in [1.29, 1.82) is 0 Å². The summed E-state index contributed by atoms with van der Waals surface area (Å²) in [4.78, 5) is 8.26. The van der Waals surface area contributed by atoms with Gasteiger partial charge in [-0.2, -0.15) is 0 Å². The second-order valence-electron chi connectivity index (χ2n) is 5.21. The molecule has 1 fully saturated rings. The minimum atomic E-state index is 0.877. The molecule has 1 unspecified atom stereocenters. The van der Waals surface area contributed by atoms with Crippen LogP contribution in [-0.2, 0) is 19.3 Å². The Balaban J connectivity index is 1.59. The minimum Gasteiger partial charge on any atom is -0.346 e. The van der Waals surface area contributed by atoms with Crippen LogP contribution in [0.2, 0.25) is 0 Å². The van der Waals surface area contributed by atoms with Crippen LogP contribution >= 0.6 is 0 Å². The molecule has 1 aliphatic heterocycles.